The van der Waals surface area contributed by atoms with E-state index >= 15 is 0 Å². The molecular formula is C23H25F4NO. The van der Waals surface area contributed by atoms with Crippen molar-refractivity contribution in [2.75, 3.05) is 6.54 Å². The van der Waals surface area contributed by atoms with Gasteiger partial charge in [-0.1, -0.05) is 18.2 Å². The lowest BCUT2D eigenvalue weighted by Crippen LogP contribution is -2.33. The number of Topliss-reactive ketones (excluding diaryl/α,β-unsaturated/α-hetero) is 1. The van der Waals surface area contributed by atoms with E-state index in [1.54, 1.807) is 6.07 Å². The minimum atomic E-state index is -4.31. The summed E-state index contributed by atoms with van der Waals surface area (Å²) < 4.78 is 51.6. The van der Waals surface area contributed by atoms with E-state index in [1.807, 2.05) is 0 Å². The molecule has 0 heterocycles. The number of alkyl halides is 3. The van der Waals surface area contributed by atoms with Gasteiger partial charge in [-0.25, -0.2) is 4.39 Å². The Balaban J connectivity index is 1.39. The van der Waals surface area contributed by atoms with Crippen LogP contribution < -0.4 is 5.32 Å². The van der Waals surface area contributed by atoms with Crippen molar-refractivity contribution in [3.8, 4) is 0 Å². The molecule has 1 N–H and O–H groups in total. The molecule has 0 amide bonds. The van der Waals surface area contributed by atoms with Crippen molar-refractivity contribution in [3.63, 3.8) is 0 Å². The zero-order chi connectivity index (χ0) is 20.9. The van der Waals surface area contributed by atoms with Gasteiger partial charge in [0.15, 0.2) is 5.78 Å². The molecule has 6 heteroatoms. The Hall–Kier alpha value is -2.21. The van der Waals surface area contributed by atoms with Gasteiger partial charge in [0.1, 0.15) is 5.82 Å². The van der Waals surface area contributed by atoms with Gasteiger partial charge in [0.2, 0.25) is 0 Å². The molecule has 1 fully saturated rings. The number of nitrogens with one attached hydrogen (secondary N) is 1. The van der Waals surface area contributed by atoms with E-state index in [0.29, 0.717) is 31.0 Å². The second-order valence-electron chi connectivity index (χ2n) is 7.66. The van der Waals surface area contributed by atoms with Crippen LogP contribution in [0.3, 0.4) is 0 Å². The Bertz CT molecular complexity index is 808. The standard InChI is InChI=1S/C23H25F4NO/c24-20-10-6-17(7-11-20)22(29)5-2-14-28-21-12-8-16(9-13-21)18-3-1-4-19(15-18)23(25,26)27/h1,3-4,6-7,10-11,15-16,21,28H,2,5,8-9,12-14H2. The van der Waals surface area contributed by atoms with Crippen molar-refractivity contribution in [1.82, 2.24) is 5.32 Å². The Morgan fingerprint density at radius 2 is 1.69 bits per heavy atom. The Morgan fingerprint density at radius 3 is 2.34 bits per heavy atom. The fraction of sp³-hybridized carbons (Fsp3) is 0.435. The van der Waals surface area contributed by atoms with Gasteiger partial charge in [-0.05, 0) is 80.5 Å². The number of hydrogen-bond donors (Lipinski definition) is 1. The van der Waals surface area contributed by atoms with E-state index in [1.165, 1.54) is 36.4 Å². The number of ketones is 1. The molecule has 1 aliphatic carbocycles. The van der Waals surface area contributed by atoms with Crippen LogP contribution in [0.2, 0.25) is 0 Å². The van der Waals surface area contributed by atoms with Crippen LogP contribution in [0.25, 0.3) is 0 Å². The maximum absolute atomic E-state index is 12.9. The lowest BCUT2D eigenvalue weighted by Gasteiger charge is -2.30. The number of carbonyl (C=O) groups is 1. The zero-order valence-corrected chi connectivity index (χ0v) is 16.1. The Labute approximate surface area is 168 Å². The molecule has 0 bridgehead atoms. The summed E-state index contributed by atoms with van der Waals surface area (Å²) in [6.07, 6.45) is 0.322. The van der Waals surface area contributed by atoms with Crippen LogP contribution in [0.15, 0.2) is 48.5 Å². The molecule has 156 valence electrons. The summed E-state index contributed by atoms with van der Waals surface area (Å²) in [5.74, 6) is -0.195. The maximum Gasteiger partial charge on any atom is 0.416 e. The molecular weight excluding hydrogens is 382 g/mol. The molecule has 1 saturated carbocycles. The van der Waals surface area contributed by atoms with Gasteiger partial charge in [-0.3, -0.25) is 4.79 Å². The van der Waals surface area contributed by atoms with Gasteiger partial charge < -0.3 is 5.32 Å². The summed E-state index contributed by atoms with van der Waals surface area (Å²) in [5, 5.41) is 3.45. The first-order valence-corrected chi connectivity index (χ1v) is 10.0. The Kier molecular flexibility index (Phi) is 7.06. The summed E-state index contributed by atoms with van der Waals surface area (Å²) in [6, 6.07) is 11.6. The second-order valence-corrected chi connectivity index (χ2v) is 7.66. The van der Waals surface area contributed by atoms with E-state index in [2.05, 4.69) is 5.32 Å². The van der Waals surface area contributed by atoms with Crippen LogP contribution in [0.4, 0.5) is 17.6 Å². The summed E-state index contributed by atoms with van der Waals surface area (Å²) >= 11 is 0. The highest BCUT2D eigenvalue weighted by Crippen LogP contribution is 2.36. The first kappa shape index (κ1) is 21.5. The summed E-state index contributed by atoms with van der Waals surface area (Å²) in [5.41, 5.74) is 0.706. The number of benzene rings is 2. The topological polar surface area (TPSA) is 29.1 Å². The molecule has 29 heavy (non-hydrogen) atoms. The lowest BCUT2D eigenvalue weighted by atomic mass is 9.81. The third-order valence-electron chi connectivity index (χ3n) is 5.59. The van der Waals surface area contributed by atoms with Crippen LogP contribution in [-0.2, 0) is 6.18 Å². The number of halogens is 4. The predicted molar refractivity (Wildman–Crippen MR) is 104 cm³/mol. The van der Waals surface area contributed by atoms with E-state index in [9.17, 15) is 22.4 Å². The minimum absolute atomic E-state index is 0.0000506. The lowest BCUT2D eigenvalue weighted by molar-refractivity contribution is -0.137. The largest absolute Gasteiger partial charge is 0.416 e. The monoisotopic (exact) mass is 407 g/mol. The van der Waals surface area contributed by atoms with E-state index in [0.717, 1.165) is 37.3 Å². The molecule has 0 aliphatic heterocycles. The normalized spacial score (nSPS) is 19.9. The minimum Gasteiger partial charge on any atom is -0.314 e. The smallest absolute Gasteiger partial charge is 0.314 e. The average molecular weight is 407 g/mol. The molecule has 0 aromatic heterocycles. The molecule has 2 aromatic carbocycles. The van der Waals surface area contributed by atoms with Crippen molar-refractivity contribution < 1.29 is 22.4 Å². The highest BCUT2D eigenvalue weighted by Gasteiger charge is 2.31. The van der Waals surface area contributed by atoms with Gasteiger partial charge in [-0.2, -0.15) is 13.2 Å². The van der Waals surface area contributed by atoms with Gasteiger partial charge in [0.05, 0.1) is 5.56 Å². The molecule has 0 saturated heterocycles. The van der Waals surface area contributed by atoms with Crippen LogP contribution in [0.5, 0.6) is 0 Å². The van der Waals surface area contributed by atoms with Gasteiger partial charge in [0.25, 0.3) is 0 Å². The fourth-order valence-corrected chi connectivity index (χ4v) is 3.94. The molecule has 0 atom stereocenters. The average Bonchev–Trinajstić information content (AvgIpc) is 2.71. The quantitative estimate of drug-likeness (QED) is 0.340. The van der Waals surface area contributed by atoms with Crippen molar-refractivity contribution in [2.45, 2.75) is 56.7 Å². The number of hydrogen-bond acceptors (Lipinski definition) is 2. The van der Waals surface area contributed by atoms with Crippen LogP contribution in [-0.4, -0.2) is 18.4 Å². The number of carbonyl (C=O) groups excluding carboxylic acids is 1. The van der Waals surface area contributed by atoms with Crippen molar-refractivity contribution in [3.05, 3.63) is 71.0 Å². The van der Waals surface area contributed by atoms with Gasteiger partial charge in [0, 0.05) is 18.0 Å². The van der Waals surface area contributed by atoms with Crippen LogP contribution >= 0.6 is 0 Å². The maximum atomic E-state index is 12.9. The molecule has 0 spiro atoms. The zero-order valence-electron chi connectivity index (χ0n) is 16.1. The molecule has 0 radical (unpaired) electrons. The van der Waals surface area contributed by atoms with Crippen molar-refractivity contribution >= 4 is 5.78 Å². The molecule has 0 unspecified atom stereocenters. The van der Waals surface area contributed by atoms with Crippen LogP contribution in [0.1, 0.15) is 65.9 Å². The fourth-order valence-electron chi connectivity index (χ4n) is 3.94. The number of rotatable bonds is 7. The molecule has 1 aliphatic rings. The first-order valence-electron chi connectivity index (χ1n) is 10.0. The van der Waals surface area contributed by atoms with Crippen molar-refractivity contribution in [2.24, 2.45) is 0 Å². The molecule has 2 nitrogen and oxygen atoms in total. The SMILES string of the molecule is O=C(CCCNC1CCC(c2cccc(C(F)(F)F)c2)CC1)c1ccc(F)cc1. The van der Waals surface area contributed by atoms with E-state index in [-0.39, 0.29) is 17.5 Å². The summed E-state index contributed by atoms with van der Waals surface area (Å²) in [4.78, 5) is 12.1. The summed E-state index contributed by atoms with van der Waals surface area (Å²) in [7, 11) is 0. The highest BCUT2D eigenvalue weighted by atomic mass is 19.4. The third kappa shape index (κ3) is 6.13. The highest BCUT2D eigenvalue weighted by molar-refractivity contribution is 5.95. The predicted octanol–water partition coefficient (Wildman–Crippen LogP) is 6.12. The molecule has 3 rings (SSSR count). The van der Waals surface area contributed by atoms with Gasteiger partial charge >= 0.3 is 6.18 Å². The summed E-state index contributed by atoms with van der Waals surface area (Å²) in [6.45, 7) is 0.714. The van der Waals surface area contributed by atoms with E-state index < -0.39 is 11.7 Å². The third-order valence-corrected chi connectivity index (χ3v) is 5.59. The van der Waals surface area contributed by atoms with Crippen LogP contribution in [0, 0.1) is 5.82 Å². The molecule has 2 aromatic rings. The van der Waals surface area contributed by atoms with Crippen molar-refractivity contribution in [1.29, 1.82) is 0 Å². The first-order chi connectivity index (χ1) is 13.8. The Morgan fingerprint density at radius 1 is 1.00 bits per heavy atom. The second kappa shape index (κ2) is 9.53. The van der Waals surface area contributed by atoms with Gasteiger partial charge in [-0.15, -0.1) is 0 Å². The van der Waals surface area contributed by atoms with E-state index in [4.69, 9.17) is 0 Å².